The lowest BCUT2D eigenvalue weighted by molar-refractivity contribution is -0.384. The summed E-state index contributed by atoms with van der Waals surface area (Å²) in [4.78, 5) is 22.3. The van der Waals surface area contributed by atoms with E-state index in [0.717, 1.165) is 11.1 Å². The van der Waals surface area contributed by atoms with Crippen molar-refractivity contribution in [3.8, 4) is 5.75 Å². The van der Waals surface area contributed by atoms with Crippen molar-refractivity contribution in [2.45, 2.75) is 19.8 Å². The number of nitro groups is 1. The molecule has 0 spiro atoms. The monoisotopic (exact) mass is 314 g/mol. The van der Waals surface area contributed by atoms with E-state index in [4.69, 9.17) is 4.74 Å². The highest BCUT2D eigenvalue weighted by atomic mass is 16.6. The van der Waals surface area contributed by atoms with Crippen molar-refractivity contribution in [3.63, 3.8) is 0 Å². The number of non-ortho nitro benzene ring substituents is 1. The van der Waals surface area contributed by atoms with Crippen molar-refractivity contribution in [2.75, 3.05) is 12.4 Å². The molecule has 6 nitrogen and oxygen atoms in total. The van der Waals surface area contributed by atoms with Gasteiger partial charge in [0.05, 0.1) is 23.8 Å². The molecule has 0 heterocycles. The van der Waals surface area contributed by atoms with Gasteiger partial charge >= 0.3 is 0 Å². The van der Waals surface area contributed by atoms with E-state index in [9.17, 15) is 14.9 Å². The number of carbonyl (C=O) groups excluding carboxylic acids is 1. The van der Waals surface area contributed by atoms with Crippen LogP contribution in [0.1, 0.15) is 17.5 Å². The van der Waals surface area contributed by atoms with E-state index in [1.807, 2.05) is 31.2 Å². The Kier molecular flexibility index (Phi) is 5.30. The molecular weight excluding hydrogens is 296 g/mol. The van der Waals surface area contributed by atoms with Crippen LogP contribution < -0.4 is 10.1 Å². The predicted octanol–water partition coefficient (Wildman–Crippen LogP) is 3.48. The van der Waals surface area contributed by atoms with Crippen LogP contribution in [-0.4, -0.2) is 17.9 Å². The molecule has 2 rings (SSSR count). The first-order valence-electron chi connectivity index (χ1n) is 7.17. The predicted molar refractivity (Wildman–Crippen MR) is 87.8 cm³/mol. The Morgan fingerprint density at radius 3 is 2.70 bits per heavy atom. The fraction of sp³-hybridized carbons (Fsp3) is 0.235. The van der Waals surface area contributed by atoms with Crippen LogP contribution in [0.25, 0.3) is 0 Å². The third-order valence-electron chi connectivity index (χ3n) is 3.39. The van der Waals surface area contributed by atoms with Gasteiger partial charge in [0.25, 0.3) is 5.69 Å². The van der Waals surface area contributed by atoms with Gasteiger partial charge in [0, 0.05) is 12.5 Å². The highest BCUT2D eigenvalue weighted by molar-refractivity contribution is 5.92. The number of aryl methyl sites for hydroxylation is 2. The first-order chi connectivity index (χ1) is 11.0. The number of anilines is 1. The lowest BCUT2D eigenvalue weighted by Gasteiger charge is -2.10. The molecule has 2 aromatic carbocycles. The first kappa shape index (κ1) is 16.5. The van der Waals surface area contributed by atoms with Crippen LogP contribution in [0, 0.1) is 17.0 Å². The summed E-state index contributed by atoms with van der Waals surface area (Å²) < 4.78 is 5.10. The zero-order valence-corrected chi connectivity index (χ0v) is 13.0. The summed E-state index contributed by atoms with van der Waals surface area (Å²) in [5.41, 5.74) is 2.59. The lowest BCUT2D eigenvalue weighted by Crippen LogP contribution is -2.13. The highest BCUT2D eigenvalue weighted by Crippen LogP contribution is 2.29. The van der Waals surface area contributed by atoms with E-state index in [-0.39, 0.29) is 17.3 Å². The number of benzene rings is 2. The van der Waals surface area contributed by atoms with E-state index in [1.165, 1.54) is 25.3 Å². The summed E-state index contributed by atoms with van der Waals surface area (Å²) in [7, 11) is 1.40. The van der Waals surface area contributed by atoms with E-state index >= 15 is 0 Å². The number of nitro benzene ring substituents is 1. The zero-order valence-electron chi connectivity index (χ0n) is 13.0. The van der Waals surface area contributed by atoms with E-state index in [2.05, 4.69) is 5.32 Å². The number of nitrogens with zero attached hydrogens (tertiary/aromatic N) is 1. The van der Waals surface area contributed by atoms with Gasteiger partial charge in [-0.15, -0.1) is 0 Å². The molecule has 1 amide bonds. The van der Waals surface area contributed by atoms with Crippen LogP contribution in [0.5, 0.6) is 5.75 Å². The van der Waals surface area contributed by atoms with Gasteiger partial charge in [0.15, 0.2) is 0 Å². The SMILES string of the molecule is COc1cc([N+](=O)[O-])ccc1NC(=O)CCc1cccc(C)c1. The fourth-order valence-corrected chi connectivity index (χ4v) is 2.23. The molecule has 0 saturated heterocycles. The summed E-state index contributed by atoms with van der Waals surface area (Å²) in [5.74, 6) is 0.0989. The van der Waals surface area contributed by atoms with Crippen molar-refractivity contribution < 1.29 is 14.5 Å². The molecule has 0 aliphatic heterocycles. The summed E-state index contributed by atoms with van der Waals surface area (Å²) in [6.07, 6.45) is 0.951. The van der Waals surface area contributed by atoms with Crippen molar-refractivity contribution in [2.24, 2.45) is 0 Å². The van der Waals surface area contributed by atoms with Gasteiger partial charge in [-0.25, -0.2) is 0 Å². The normalized spacial score (nSPS) is 10.2. The number of nitrogens with one attached hydrogen (secondary N) is 1. The number of methoxy groups -OCH3 is 1. The fourth-order valence-electron chi connectivity index (χ4n) is 2.23. The molecule has 6 heteroatoms. The second-order valence-electron chi connectivity index (χ2n) is 5.18. The van der Waals surface area contributed by atoms with E-state index in [0.29, 0.717) is 18.5 Å². The topological polar surface area (TPSA) is 81.5 Å². The van der Waals surface area contributed by atoms with Gasteiger partial charge in [-0.1, -0.05) is 29.8 Å². The minimum atomic E-state index is -0.508. The molecular formula is C17H18N2O4. The first-order valence-corrected chi connectivity index (χ1v) is 7.17. The Labute approximate surface area is 134 Å². The minimum Gasteiger partial charge on any atom is -0.494 e. The van der Waals surface area contributed by atoms with Crippen molar-refractivity contribution >= 4 is 17.3 Å². The second-order valence-corrected chi connectivity index (χ2v) is 5.18. The molecule has 23 heavy (non-hydrogen) atoms. The van der Waals surface area contributed by atoms with Crippen LogP contribution in [0.3, 0.4) is 0 Å². The Bertz CT molecular complexity index is 728. The maximum Gasteiger partial charge on any atom is 0.273 e. The molecule has 0 aliphatic carbocycles. The lowest BCUT2D eigenvalue weighted by atomic mass is 10.1. The summed E-state index contributed by atoms with van der Waals surface area (Å²) in [5, 5.41) is 13.5. The molecule has 1 N–H and O–H groups in total. The van der Waals surface area contributed by atoms with Crippen molar-refractivity contribution in [1.82, 2.24) is 0 Å². The van der Waals surface area contributed by atoms with Crippen LogP contribution >= 0.6 is 0 Å². The number of amides is 1. The number of ether oxygens (including phenoxy) is 1. The highest BCUT2D eigenvalue weighted by Gasteiger charge is 2.13. The quantitative estimate of drug-likeness (QED) is 0.653. The van der Waals surface area contributed by atoms with Crippen molar-refractivity contribution in [1.29, 1.82) is 0 Å². The summed E-state index contributed by atoms with van der Waals surface area (Å²) in [6.45, 7) is 2.01. The van der Waals surface area contributed by atoms with Gasteiger partial charge in [0.2, 0.25) is 5.91 Å². The molecule has 0 fully saturated rings. The van der Waals surface area contributed by atoms with Crippen LogP contribution in [0.15, 0.2) is 42.5 Å². The van der Waals surface area contributed by atoms with Crippen LogP contribution in [0.2, 0.25) is 0 Å². The van der Waals surface area contributed by atoms with Gasteiger partial charge in [-0.2, -0.15) is 0 Å². The largest absolute Gasteiger partial charge is 0.494 e. The van der Waals surface area contributed by atoms with Gasteiger partial charge in [-0.05, 0) is 25.0 Å². The minimum absolute atomic E-state index is 0.0837. The Morgan fingerprint density at radius 1 is 1.26 bits per heavy atom. The Balaban J connectivity index is 2.01. The maximum atomic E-state index is 12.1. The molecule has 0 saturated carbocycles. The van der Waals surface area contributed by atoms with Crippen LogP contribution in [0.4, 0.5) is 11.4 Å². The molecule has 0 aromatic heterocycles. The molecule has 0 unspecified atom stereocenters. The third kappa shape index (κ3) is 4.54. The summed E-state index contributed by atoms with van der Waals surface area (Å²) >= 11 is 0. The number of carbonyl (C=O) groups is 1. The molecule has 0 bridgehead atoms. The third-order valence-corrected chi connectivity index (χ3v) is 3.39. The van der Waals surface area contributed by atoms with Gasteiger partial charge < -0.3 is 10.1 Å². The Hall–Kier alpha value is -2.89. The van der Waals surface area contributed by atoms with Gasteiger partial charge in [-0.3, -0.25) is 14.9 Å². The Morgan fingerprint density at radius 2 is 2.04 bits per heavy atom. The molecule has 0 radical (unpaired) electrons. The molecule has 0 aliphatic rings. The molecule has 120 valence electrons. The van der Waals surface area contributed by atoms with E-state index < -0.39 is 4.92 Å². The maximum absolute atomic E-state index is 12.1. The molecule has 2 aromatic rings. The average Bonchev–Trinajstić information content (AvgIpc) is 2.53. The number of hydrogen-bond acceptors (Lipinski definition) is 4. The number of rotatable bonds is 6. The number of hydrogen-bond donors (Lipinski definition) is 1. The van der Waals surface area contributed by atoms with Crippen molar-refractivity contribution in [3.05, 3.63) is 63.7 Å². The average molecular weight is 314 g/mol. The zero-order chi connectivity index (χ0) is 16.8. The van der Waals surface area contributed by atoms with E-state index in [1.54, 1.807) is 0 Å². The standard InChI is InChI=1S/C17H18N2O4/c1-12-4-3-5-13(10-12)6-9-17(20)18-15-8-7-14(19(21)22)11-16(15)23-2/h3-5,7-8,10-11H,6,9H2,1-2H3,(H,18,20). The van der Waals surface area contributed by atoms with Gasteiger partial charge in [0.1, 0.15) is 5.75 Å². The smallest absolute Gasteiger partial charge is 0.273 e. The second kappa shape index (κ2) is 7.40. The van der Waals surface area contributed by atoms with Crippen LogP contribution in [-0.2, 0) is 11.2 Å². The summed E-state index contributed by atoms with van der Waals surface area (Å²) in [6, 6.07) is 12.1. The molecule has 0 atom stereocenters.